The Morgan fingerprint density at radius 2 is 1.89 bits per heavy atom. The van der Waals surface area contributed by atoms with Gasteiger partial charge in [0.05, 0.1) is 0 Å². The van der Waals surface area contributed by atoms with Crippen molar-refractivity contribution < 1.29 is 4.39 Å². The van der Waals surface area contributed by atoms with E-state index >= 15 is 0 Å². The Kier molecular flexibility index (Phi) is 4.16. The van der Waals surface area contributed by atoms with Crippen molar-refractivity contribution >= 4 is 28.9 Å². The molecule has 2 N–H and O–H groups in total. The van der Waals surface area contributed by atoms with Crippen LogP contribution in [0.15, 0.2) is 24.3 Å². The molecule has 1 aromatic carbocycles. The summed E-state index contributed by atoms with van der Waals surface area (Å²) in [7, 11) is 0. The van der Waals surface area contributed by atoms with Crippen LogP contribution in [-0.2, 0) is 0 Å². The summed E-state index contributed by atoms with van der Waals surface area (Å²) in [5, 5.41) is 6.45. The fourth-order valence-corrected chi connectivity index (χ4v) is 1.90. The molecule has 0 aliphatic rings. The number of halogens is 2. The minimum absolute atomic E-state index is 0.334. The molecule has 2 aromatic rings. The summed E-state index contributed by atoms with van der Waals surface area (Å²) >= 11 is 5.80. The maximum absolute atomic E-state index is 13.2. The first kappa shape index (κ1) is 13.5. The van der Waals surface area contributed by atoms with Crippen molar-refractivity contribution in [2.24, 2.45) is 0 Å². The van der Waals surface area contributed by atoms with Crippen molar-refractivity contribution in [3.63, 3.8) is 0 Å². The van der Waals surface area contributed by atoms with Crippen molar-refractivity contribution in [3.8, 4) is 0 Å². The minimum Gasteiger partial charge on any atom is -0.370 e. The van der Waals surface area contributed by atoms with Gasteiger partial charge in [-0.05, 0) is 32.0 Å². The molecular weight excluding hydrogens is 267 g/mol. The van der Waals surface area contributed by atoms with Crippen LogP contribution in [0.2, 0.25) is 5.02 Å². The average molecular weight is 281 g/mol. The molecule has 0 spiro atoms. The number of rotatable bonds is 4. The summed E-state index contributed by atoms with van der Waals surface area (Å²) in [4.78, 5) is 8.48. The molecular formula is C13H14ClFN4. The van der Waals surface area contributed by atoms with Crippen molar-refractivity contribution in [2.75, 3.05) is 17.2 Å². The van der Waals surface area contributed by atoms with E-state index in [0.29, 0.717) is 22.4 Å². The molecule has 1 heterocycles. The van der Waals surface area contributed by atoms with Gasteiger partial charge in [0, 0.05) is 23.3 Å². The Morgan fingerprint density at radius 1 is 1.16 bits per heavy atom. The van der Waals surface area contributed by atoms with Crippen LogP contribution in [0.5, 0.6) is 0 Å². The molecule has 0 fully saturated rings. The third kappa shape index (κ3) is 3.79. The quantitative estimate of drug-likeness (QED) is 0.895. The Bertz CT molecular complexity index is 569. The zero-order valence-electron chi connectivity index (χ0n) is 10.7. The smallest absolute Gasteiger partial charge is 0.136 e. The second kappa shape index (κ2) is 5.84. The van der Waals surface area contributed by atoms with Gasteiger partial charge in [0.1, 0.15) is 23.3 Å². The van der Waals surface area contributed by atoms with Gasteiger partial charge in [-0.15, -0.1) is 0 Å². The summed E-state index contributed by atoms with van der Waals surface area (Å²) in [6, 6.07) is 6.00. The monoisotopic (exact) mass is 280 g/mol. The number of nitrogens with zero attached hydrogens (tertiary/aromatic N) is 2. The number of hydrogen-bond donors (Lipinski definition) is 2. The molecule has 0 saturated carbocycles. The van der Waals surface area contributed by atoms with E-state index in [4.69, 9.17) is 11.6 Å². The van der Waals surface area contributed by atoms with E-state index in [9.17, 15) is 4.39 Å². The van der Waals surface area contributed by atoms with Crippen LogP contribution in [0.4, 0.5) is 21.7 Å². The first-order chi connectivity index (χ1) is 9.06. The summed E-state index contributed by atoms with van der Waals surface area (Å²) in [6.07, 6.45) is 0. The summed E-state index contributed by atoms with van der Waals surface area (Å²) < 4.78 is 13.2. The van der Waals surface area contributed by atoms with Crippen molar-refractivity contribution in [3.05, 3.63) is 40.9 Å². The number of aryl methyl sites for hydroxylation is 1. The van der Waals surface area contributed by atoms with Gasteiger partial charge in [0.25, 0.3) is 0 Å². The highest BCUT2D eigenvalue weighted by Crippen LogP contribution is 2.22. The lowest BCUT2D eigenvalue weighted by molar-refractivity contribution is 0.628. The average Bonchev–Trinajstić information content (AvgIpc) is 2.26. The molecule has 0 aliphatic carbocycles. The lowest BCUT2D eigenvalue weighted by Gasteiger charge is -2.09. The molecule has 0 aliphatic heterocycles. The summed E-state index contributed by atoms with van der Waals surface area (Å²) in [5.74, 6) is 1.54. The largest absolute Gasteiger partial charge is 0.370 e. The predicted molar refractivity (Wildman–Crippen MR) is 75.6 cm³/mol. The number of anilines is 3. The molecule has 0 unspecified atom stereocenters. The van der Waals surface area contributed by atoms with Gasteiger partial charge in [-0.2, -0.15) is 0 Å². The van der Waals surface area contributed by atoms with Crippen molar-refractivity contribution in [2.45, 2.75) is 13.8 Å². The van der Waals surface area contributed by atoms with Crippen LogP contribution in [0, 0.1) is 12.7 Å². The second-order valence-electron chi connectivity index (χ2n) is 4.00. The van der Waals surface area contributed by atoms with Gasteiger partial charge in [-0.1, -0.05) is 11.6 Å². The lowest BCUT2D eigenvalue weighted by Crippen LogP contribution is -2.04. The minimum atomic E-state index is -0.396. The van der Waals surface area contributed by atoms with Crippen LogP contribution in [-0.4, -0.2) is 16.5 Å². The fourth-order valence-electron chi connectivity index (χ4n) is 1.68. The molecule has 0 bridgehead atoms. The van der Waals surface area contributed by atoms with E-state index in [-0.39, 0.29) is 0 Å². The van der Waals surface area contributed by atoms with E-state index < -0.39 is 5.82 Å². The Morgan fingerprint density at radius 3 is 2.58 bits per heavy atom. The third-order valence-corrected chi connectivity index (χ3v) is 2.55. The van der Waals surface area contributed by atoms with Gasteiger partial charge in [-0.3, -0.25) is 0 Å². The van der Waals surface area contributed by atoms with E-state index in [2.05, 4.69) is 20.6 Å². The molecule has 4 nitrogen and oxygen atoms in total. The van der Waals surface area contributed by atoms with E-state index in [1.54, 1.807) is 19.1 Å². The maximum Gasteiger partial charge on any atom is 0.136 e. The normalized spacial score (nSPS) is 10.3. The molecule has 0 amide bonds. The molecule has 1 aromatic heterocycles. The van der Waals surface area contributed by atoms with Gasteiger partial charge >= 0.3 is 0 Å². The highest BCUT2D eigenvalue weighted by molar-refractivity contribution is 6.30. The van der Waals surface area contributed by atoms with Crippen molar-refractivity contribution in [1.29, 1.82) is 0 Å². The Hall–Kier alpha value is -1.88. The van der Waals surface area contributed by atoms with Gasteiger partial charge < -0.3 is 10.6 Å². The van der Waals surface area contributed by atoms with Crippen LogP contribution < -0.4 is 10.6 Å². The summed E-state index contributed by atoms with van der Waals surface area (Å²) in [5.41, 5.74) is 0.547. The highest BCUT2D eigenvalue weighted by Gasteiger charge is 2.04. The maximum atomic E-state index is 13.2. The fraction of sp³-hybridized carbons (Fsp3) is 0.231. The topological polar surface area (TPSA) is 49.8 Å². The highest BCUT2D eigenvalue weighted by atomic mass is 35.5. The molecule has 100 valence electrons. The molecule has 0 radical (unpaired) electrons. The van der Waals surface area contributed by atoms with Crippen LogP contribution in [0.3, 0.4) is 0 Å². The molecule has 2 rings (SSSR count). The second-order valence-corrected chi connectivity index (χ2v) is 4.44. The molecule has 0 atom stereocenters. The SMILES string of the molecule is CCNc1cc(Nc2cc(F)cc(Cl)c2)nc(C)n1. The number of benzene rings is 1. The first-order valence-electron chi connectivity index (χ1n) is 5.89. The molecule has 0 saturated heterocycles. The Labute approximate surface area is 116 Å². The van der Waals surface area contributed by atoms with Gasteiger partial charge in [0.15, 0.2) is 0 Å². The van der Waals surface area contributed by atoms with Crippen molar-refractivity contribution in [1.82, 2.24) is 9.97 Å². The van der Waals surface area contributed by atoms with Crippen LogP contribution >= 0.6 is 11.6 Å². The summed E-state index contributed by atoms with van der Waals surface area (Å²) in [6.45, 7) is 4.54. The zero-order valence-corrected chi connectivity index (χ0v) is 11.4. The number of aromatic nitrogens is 2. The van der Waals surface area contributed by atoms with E-state index in [0.717, 1.165) is 12.4 Å². The number of hydrogen-bond acceptors (Lipinski definition) is 4. The van der Waals surface area contributed by atoms with Gasteiger partial charge in [-0.25, -0.2) is 14.4 Å². The molecule has 19 heavy (non-hydrogen) atoms. The van der Waals surface area contributed by atoms with E-state index in [1.807, 2.05) is 6.92 Å². The third-order valence-electron chi connectivity index (χ3n) is 2.33. The standard InChI is InChI=1S/C13H14ClFN4/c1-3-16-12-7-13(18-8(2)17-12)19-11-5-9(14)4-10(15)6-11/h4-7H,3H2,1-2H3,(H2,16,17,18,19). The zero-order chi connectivity index (χ0) is 13.8. The number of nitrogens with one attached hydrogen (secondary N) is 2. The van der Waals surface area contributed by atoms with Crippen LogP contribution in [0.1, 0.15) is 12.7 Å². The Balaban J connectivity index is 2.27. The van der Waals surface area contributed by atoms with Crippen LogP contribution in [0.25, 0.3) is 0 Å². The lowest BCUT2D eigenvalue weighted by atomic mass is 10.3. The first-order valence-corrected chi connectivity index (χ1v) is 6.27. The van der Waals surface area contributed by atoms with Gasteiger partial charge in [0.2, 0.25) is 0 Å². The predicted octanol–water partition coefficient (Wildman–Crippen LogP) is 3.75. The molecule has 6 heteroatoms. The van der Waals surface area contributed by atoms with E-state index in [1.165, 1.54) is 12.1 Å².